The molecule has 0 aromatic carbocycles. The van der Waals surface area contributed by atoms with Crippen molar-refractivity contribution in [3.8, 4) is 0 Å². The Labute approximate surface area is 136 Å². The van der Waals surface area contributed by atoms with E-state index in [2.05, 4.69) is 55.1 Å². The Morgan fingerprint density at radius 1 is 0.944 bits per heavy atom. The predicted molar refractivity (Wildman–Crippen MR) is 68.7 cm³/mol. The zero-order chi connectivity index (χ0) is 12.2. The molecule has 0 spiro atoms. The Morgan fingerprint density at radius 3 is 1.39 bits per heavy atom. The third kappa shape index (κ3) is 11.2. The largest absolute Gasteiger partial charge is 1.00 e. The van der Waals surface area contributed by atoms with E-state index >= 15 is 0 Å². The van der Waals surface area contributed by atoms with E-state index in [1.807, 2.05) is 0 Å². The van der Waals surface area contributed by atoms with Crippen LogP contribution in [0.3, 0.4) is 0 Å². The third-order valence-corrected chi connectivity index (χ3v) is 2.29. The zero-order valence-electron chi connectivity index (χ0n) is 11.1. The molecule has 0 nitrogen and oxygen atoms in total. The van der Waals surface area contributed by atoms with Crippen LogP contribution in [0.25, 0.3) is 0 Å². The fourth-order valence-electron chi connectivity index (χ4n) is 1.39. The van der Waals surface area contributed by atoms with Crippen LogP contribution < -0.4 is 24.8 Å². The molecule has 0 bridgehead atoms. The van der Waals surface area contributed by atoms with Gasteiger partial charge in [-0.25, -0.2) is 23.3 Å². The van der Waals surface area contributed by atoms with E-state index in [1.54, 1.807) is 20.0 Å². The molecule has 0 amide bonds. The molecule has 0 saturated carbocycles. The summed E-state index contributed by atoms with van der Waals surface area (Å²) in [6.45, 7) is 4.30. The molecule has 2 aliphatic rings. The summed E-state index contributed by atoms with van der Waals surface area (Å²) in [5.74, 6) is 0. The van der Waals surface area contributed by atoms with Crippen LogP contribution in [0.2, 0.25) is 0 Å². The van der Waals surface area contributed by atoms with Crippen molar-refractivity contribution in [2.75, 3.05) is 0 Å². The molecule has 18 heavy (non-hydrogen) atoms. The Balaban J connectivity index is -0.000000200. The van der Waals surface area contributed by atoms with E-state index in [9.17, 15) is 0 Å². The fourth-order valence-corrected chi connectivity index (χ4v) is 1.39. The van der Waals surface area contributed by atoms with Crippen LogP contribution in [0.4, 0.5) is 0 Å². The van der Waals surface area contributed by atoms with E-state index in [0.717, 1.165) is 25.7 Å². The first-order chi connectivity index (χ1) is 7.86. The molecule has 0 atom stereocenters. The van der Waals surface area contributed by atoms with Gasteiger partial charge in [0, 0.05) is 0 Å². The second kappa shape index (κ2) is 17.1. The molecule has 2 rings (SSSR count). The molecule has 0 N–H and O–H groups in total. The van der Waals surface area contributed by atoms with E-state index < -0.39 is 0 Å². The van der Waals surface area contributed by atoms with Crippen LogP contribution in [0.15, 0.2) is 35.5 Å². The molecule has 0 unspecified atom stereocenters. The maximum Gasteiger partial charge on any atom is -1.00 e. The molecule has 0 fully saturated rings. The molecular weight excluding hydrogens is 299 g/mol. The van der Waals surface area contributed by atoms with Crippen LogP contribution in [0.1, 0.15) is 39.5 Å². The van der Waals surface area contributed by atoms with Gasteiger partial charge in [0.15, 0.2) is 0 Å². The van der Waals surface area contributed by atoms with E-state index in [-0.39, 0.29) is 24.8 Å². The van der Waals surface area contributed by atoms with Crippen molar-refractivity contribution in [2.45, 2.75) is 39.5 Å². The number of halogens is 2. The smallest absolute Gasteiger partial charge is 1.00 e. The molecule has 100 valence electrons. The summed E-state index contributed by atoms with van der Waals surface area (Å²) >= 11 is 1.75. The van der Waals surface area contributed by atoms with Gasteiger partial charge in [-0.15, -0.1) is 12.8 Å². The summed E-state index contributed by atoms with van der Waals surface area (Å²) in [5, 5.41) is 0. The Morgan fingerprint density at radius 2 is 1.28 bits per heavy atom. The summed E-state index contributed by atoms with van der Waals surface area (Å²) in [4.78, 5) is 3.25. The third-order valence-electron chi connectivity index (χ3n) is 2.29. The van der Waals surface area contributed by atoms with Gasteiger partial charge in [-0.05, 0) is 0 Å². The van der Waals surface area contributed by atoms with Crippen molar-refractivity contribution in [1.82, 2.24) is 0 Å². The van der Waals surface area contributed by atoms with Gasteiger partial charge < -0.3 is 24.8 Å². The molecular formula is C15H20Cl2Ti-2. The van der Waals surface area contributed by atoms with Crippen molar-refractivity contribution < 1.29 is 44.8 Å². The predicted octanol–water partition coefficient (Wildman–Crippen LogP) is -1.86. The first-order valence-corrected chi connectivity index (χ1v) is 6.85. The van der Waals surface area contributed by atoms with Crippen LogP contribution in [-0.4, -0.2) is 4.82 Å². The molecule has 0 heterocycles. The van der Waals surface area contributed by atoms with Gasteiger partial charge in [0.25, 0.3) is 0 Å². The second-order valence-corrected chi connectivity index (χ2v) is 3.32. The van der Waals surface area contributed by atoms with E-state index in [4.69, 9.17) is 0 Å². The number of hydrogen-bond donors (Lipinski definition) is 0. The summed E-state index contributed by atoms with van der Waals surface area (Å²) < 4.78 is 0. The monoisotopic (exact) mass is 318 g/mol. The molecule has 0 aromatic rings. The molecule has 0 aliphatic heterocycles. The Kier molecular flexibility index (Phi) is 22.1. The van der Waals surface area contributed by atoms with Crippen molar-refractivity contribution in [2.24, 2.45) is 0 Å². The second-order valence-electron chi connectivity index (χ2n) is 3.32. The standard InChI is InChI=1S/2C7H9.CH2.2ClH.Ti/c2*1-2-7-5-3-4-6-7;;;;/h2*3,5H,2,4H2,1H3;1H2;2*1H;/q2*-1;;;;+2/p-2. The number of rotatable bonds is 2. The van der Waals surface area contributed by atoms with Crippen molar-refractivity contribution >= 4 is 4.82 Å². The summed E-state index contributed by atoms with van der Waals surface area (Å²) in [5.41, 5.74) is 2.72. The topological polar surface area (TPSA) is 0 Å². The maximum absolute atomic E-state index is 3.25. The average Bonchev–Trinajstić information content (AvgIpc) is 3.05. The van der Waals surface area contributed by atoms with Gasteiger partial charge in [-0.2, -0.15) is 12.2 Å². The van der Waals surface area contributed by atoms with Gasteiger partial charge in [-0.1, -0.05) is 26.7 Å². The van der Waals surface area contributed by atoms with E-state index in [0.29, 0.717) is 0 Å². The molecule has 0 saturated heterocycles. The van der Waals surface area contributed by atoms with Crippen LogP contribution in [-0.2, 0) is 20.0 Å². The summed E-state index contributed by atoms with van der Waals surface area (Å²) in [7, 11) is 0. The van der Waals surface area contributed by atoms with Gasteiger partial charge in [0.1, 0.15) is 0 Å². The van der Waals surface area contributed by atoms with Crippen LogP contribution >= 0.6 is 0 Å². The van der Waals surface area contributed by atoms with Crippen LogP contribution in [0.5, 0.6) is 0 Å². The zero-order valence-corrected chi connectivity index (χ0v) is 14.2. The summed E-state index contributed by atoms with van der Waals surface area (Å²) in [6.07, 6.45) is 19.3. The summed E-state index contributed by atoms with van der Waals surface area (Å²) in [6, 6.07) is 0. The van der Waals surface area contributed by atoms with E-state index in [1.165, 1.54) is 11.1 Å². The first kappa shape index (κ1) is 23.2. The molecule has 3 heteroatoms. The molecule has 0 aromatic heterocycles. The van der Waals surface area contributed by atoms with Crippen molar-refractivity contribution in [3.63, 3.8) is 0 Å². The fraction of sp³-hybridized carbons (Fsp3) is 0.400. The number of allylic oxidation sites excluding steroid dienone is 8. The SMILES string of the molecule is CCC1=[C-]CC=C1.CCC1=[C-]CC=C1.[CH2]=[Ti+2].[Cl-].[Cl-]. The van der Waals surface area contributed by atoms with Gasteiger partial charge >= 0.3 is 24.8 Å². The molecule has 2 aliphatic carbocycles. The maximum atomic E-state index is 3.25. The first-order valence-electron chi connectivity index (χ1n) is 5.74. The minimum Gasteiger partial charge on any atom is -1.00 e. The molecule has 0 radical (unpaired) electrons. The number of hydrogen-bond acceptors (Lipinski definition) is 0. The Hall–Kier alpha value is 0.124. The average molecular weight is 319 g/mol. The van der Waals surface area contributed by atoms with Crippen molar-refractivity contribution in [3.05, 3.63) is 47.6 Å². The van der Waals surface area contributed by atoms with Gasteiger partial charge in [-0.3, -0.25) is 12.2 Å². The van der Waals surface area contributed by atoms with Crippen molar-refractivity contribution in [1.29, 1.82) is 0 Å². The minimum absolute atomic E-state index is 0. The van der Waals surface area contributed by atoms with Gasteiger partial charge in [0.05, 0.1) is 0 Å². The quantitative estimate of drug-likeness (QED) is 0.414. The normalized spacial score (nSPS) is 14.0. The van der Waals surface area contributed by atoms with Crippen LogP contribution in [0, 0.1) is 12.2 Å². The Bertz CT molecular complexity index is 272. The van der Waals surface area contributed by atoms with Gasteiger partial charge in [0.2, 0.25) is 0 Å². The minimum atomic E-state index is 0.